The SMILES string of the molecule is CCCCN(C)C(=O)CN(Cc1cccnc1)S(C)(=O)=O. The van der Waals surface area contributed by atoms with E-state index in [0.29, 0.717) is 6.54 Å². The van der Waals surface area contributed by atoms with Crippen LogP contribution in [0.3, 0.4) is 0 Å². The summed E-state index contributed by atoms with van der Waals surface area (Å²) in [7, 11) is -1.76. The fraction of sp³-hybridized carbons (Fsp3) is 0.571. The van der Waals surface area contributed by atoms with Gasteiger partial charge in [-0.1, -0.05) is 19.4 Å². The molecule has 0 bridgehead atoms. The Labute approximate surface area is 126 Å². The summed E-state index contributed by atoms with van der Waals surface area (Å²) < 4.78 is 24.9. The monoisotopic (exact) mass is 313 g/mol. The highest BCUT2D eigenvalue weighted by atomic mass is 32.2. The maximum absolute atomic E-state index is 12.1. The normalized spacial score (nSPS) is 11.6. The lowest BCUT2D eigenvalue weighted by molar-refractivity contribution is -0.130. The number of hydrogen-bond acceptors (Lipinski definition) is 4. The van der Waals surface area contributed by atoms with Gasteiger partial charge in [0.05, 0.1) is 12.8 Å². The predicted molar refractivity (Wildman–Crippen MR) is 82.0 cm³/mol. The van der Waals surface area contributed by atoms with Crippen LogP contribution in [0.25, 0.3) is 0 Å². The quantitative estimate of drug-likeness (QED) is 0.720. The van der Waals surface area contributed by atoms with Crippen molar-refractivity contribution in [2.45, 2.75) is 26.3 Å². The number of aromatic nitrogens is 1. The molecule has 0 aliphatic carbocycles. The van der Waals surface area contributed by atoms with Gasteiger partial charge >= 0.3 is 0 Å². The molecule has 118 valence electrons. The van der Waals surface area contributed by atoms with Crippen LogP contribution in [0.2, 0.25) is 0 Å². The van der Waals surface area contributed by atoms with Crippen molar-refractivity contribution in [1.29, 1.82) is 0 Å². The zero-order valence-corrected chi connectivity index (χ0v) is 13.6. The maximum atomic E-state index is 12.1. The fourth-order valence-electron chi connectivity index (χ4n) is 1.78. The van der Waals surface area contributed by atoms with Crippen LogP contribution in [0.5, 0.6) is 0 Å². The summed E-state index contributed by atoms with van der Waals surface area (Å²) in [6, 6.07) is 3.53. The van der Waals surface area contributed by atoms with E-state index in [0.717, 1.165) is 24.7 Å². The minimum absolute atomic E-state index is 0.145. The number of unbranched alkanes of at least 4 members (excludes halogenated alkanes) is 1. The third-order valence-corrected chi connectivity index (χ3v) is 4.33. The summed E-state index contributed by atoms with van der Waals surface area (Å²) in [5, 5.41) is 0. The van der Waals surface area contributed by atoms with Gasteiger partial charge in [0.15, 0.2) is 0 Å². The van der Waals surface area contributed by atoms with Crippen molar-refractivity contribution < 1.29 is 13.2 Å². The molecule has 6 nitrogen and oxygen atoms in total. The molecule has 0 spiro atoms. The van der Waals surface area contributed by atoms with E-state index in [1.165, 1.54) is 4.31 Å². The van der Waals surface area contributed by atoms with Crippen molar-refractivity contribution in [3.05, 3.63) is 30.1 Å². The summed E-state index contributed by atoms with van der Waals surface area (Å²) in [6.07, 6.45) is 6.23. The van der Waals surface area contributed by atoms with Gasteiger partial charge in [-0.2, -0.15) is 4.31 Å². The molecule has 0 atom stereocenters. The topological polar surface area (TPSA) is 70.6 Å². The Balaban J connectivity index is 2.74. The lowest BCUT2D eigenvalue weighted by atomic mass is 10.3. The number of sulfonamides is 1. The molecule has 1 heterocycles. The van der Waals surface area contributed by atoms with Crippen molar-refractivity contribution in [1.82, 2.24) is 14.2 Å². The van der Waals surface area contributed by atoms with Crippen LogP contribution in [0.4, 0.5) is 0 Å². The van der Waals surface area contributed by atoms with Crippen LogP contribution >= 0.6 is 0 Å². The third kappa shape index (κ3) is 6.22. The Bertz CT molecular complexity index is 546. The molecule has 0 N–H and O–H groups in total. The van der Waals surface area contributed by atoms with Gasteiger partial charge in [-0.3, -0.25) is 9.78 Å². The molecule has 0 radical (unpaired) electrons. The van der Waals surface area contributed by atoms with Crippen LogP contribution < -0.4 is 0 Å². The first-order valence-corrected chi connectivity index (χ1v) is 8.77. The number of amides is 1. The smallest absolute Gasteiger partial charge is 0.237 e. The van der Waals surface area contributed by atoms with Crippen LogP contribution in [0.15, 0.2) is 24.5 Å². The standard InChI is InChI=1S/C14H23N3O3S/c1-4-5-9-16(2)14(18)12-17(21(3,19)20)11-13-7-6-8-15-10-13/h6-8,10H,4-5,9,11-12H2,1-3H3. The van der Waals surface area contributed by atoms with Gasteiger partial charge in [-0.15, -0.1) is 0 Å². The predicted octanol–water partition coefficient (Wildman–Crippen LogP) is 1.10. The van der Waals surface area contributed by atoms with E-state index < -0.39 is 10.0 Å². The molecule has 1 rings (SSSR count). The van der Waals surface area contributed by atoms with Gasteiger partial charge in [0.25, 0.3) is 0 Å². The number of likely N-dealkylation sites (N-methyl/N-ethyl adjacent to an activating group) is 1. The van der Waals surface area contributed by atoms with Crippen LogP contribution in [-0.4, -0.2) is 54.9 Å². The van der Waals surface area contributed by atoms with Gasteiger partial charge in [0.1, 0.15) is 0 Å². The minimum Gasteiger partial charge on any atom is -0.345 e. The van der Waals surface area contributed by atoms with Crippen molar-refractivity contribution in [2.75, 3.05) is 26.4 Å². The van der Waals surface area contributed by atoms with Crippen molar-refractivity contribution in [3.63, 3.8) is 0 Å². The van der Waals surface area contributed by atoms with Gasteiger partial charge in [0, 0.05) is 32.5 Å². The highest BCUT2D eigenvalue weighted by Gasteiger charge is 2.22. The highest BCUT2D eigenvalue weighted by Crippen LogP contribution is 2.08. The number of carbonyl (C=O) groups is 1. The molecule has 0 saturated heterocycles. The summed E-state index contributed by atoms with van der Waals surface area (Å²) >= 11 is 0. The average Bonchev–Trinajstić information content (AvgIpc) is 2.44. The number of pyridine rings is 1. The van der Waals surface area contributed by atoms with Gasteiger partial charge in [0.2, 0.25) is 15.9 Å². The summed E-state index contributed by atoms with van der Waals surface area (Å²) in [5.74, 6) is -0.197. The van der Waals surface area contributed by atoms with Crippen molar-refractivity contribution in [2.24, 2.45) is 0 Å². The minimum atomic E-state index is -3.45. The van der Waals surface area contributed by atoms with E-state index >= 15 is 0 Å². The third-order valence-electron chi connectivity index (χ3n) is 3.14. The Hall–Kier alpha value is -1.47. The second-order valence-electron chi connectivity index (χ2n) is 5.06. The lowest BCUT2D eigenvalue weighted by Gasteiger charge is -2.23. The molecule has 1 aromatic rings. The first-order chi connectivity index (χ1) is 9.84. The molecule has 0 unspecified atom stereocenters. The fourth-order valence-corrected chi connectivity index (χ4v) is 2.51. The average molecular weight is 313 g/mol. The van der Waals surface area contributed by atoms with Gasteiger partial charge in [-0.25, -0.2) is 8.42 Å². The Morgan fingerprint density at radius 3 is 2.62 bits per heavy atom. The molecule has 21 heavy (non-hydrogen) atoms. The van der Waals surface area contributed by atoms with Crippen molar-refractivity contribution in [3.8, 4) is 0 Å². The van der Waals surface area contributed by atoms with E-state index in [2.05, 4.69) is 4.98 Å². The van der Waals surface area contributed by atoms with Gasteiger partial charge < -0.3 is 4.90 Å². The van der Waals surface area contributed by atoms with Crippen molar-refractivity contribution >= 4 is 15.9 Å². The van der Waals surface area contributed by atoms with Gasteiger partial charge in [-0.05, 0) is 18.1 Å². The zero-order valence-electron chi connectivity index (χ0n) is 12.8. The molecule has 1 aromatic heterocycles. The number of hydrogen-bond donors (Lipinski definition) is 0. The first-order valence-electron chi connectivity index (χ1n) is 6.92. The second kappa shape index (κ2) is 8.09. The molecule has 1 amide bonds. The zero-order chi connectivity index (χ0) is 15.9. The summed E-state index contributed by atoms with van der Waals surface area (Å²) in [6.45, 7) is 2.69. The van der Waals surface area contributed by atoms with E-state index in [-0.39, 0.29) is 19.0 Å². The van der Waals surface area contributed by atoms with E-state index in [1.807, 2.05) is 6.92 Å². The molecule has 0 aliphatic rings. The molecule has 0 fully saturated rings. The number of rotatable bonds is 8. The Kier molecular flexibility index (Phi) is 6.77. The van der Waals surface area contributed by atoms with E-state index in [9.17, 15) is 13.2 Å². The first kappa shape index (κ1) is 17.6. The summed E-state index contributed by atoms with van der Waals surface area (Å²) in [5.41, 5.74) is 0.756. The molecular formula is C14H23N3O3S. The number of nitrogens with zero attached hydrogens (tertiary/aromatic N) is 3. The Morgan fingerprint density at radius 2 is 2.10 bits per heavy atom. The van der Waals surface area contributed by atoms with Crippen LogP contribution in [0, 0.1) is 0 Å². The lowest BCUT2D eigenvalue weighted by Crippen LogP contribution is -2.41. The van der Waals surface area contributed by atoms with Crippen LogP contribution in [-0.2, 0) is 21.4 Å². The highest BCUT2D eigenvalue weighted by molar-refractivity contribution is 7.88. The molecule has 0 aliphatic heterocycles. The molecular weight excluding hydrogens is 290 g/mol. The maximum Gasteiger partial charge on any atom is 0.237 e. The van der Waals surface area contributed by atoms with E-state index in [1.54, 1.807) is 36.5 Å². The van der Waals surface area contributed by atoms with Crippen LogP contribution in [0.1, 0.15) is 25.3 Å². The molecule has 0 saturated carbocycles. The number of carbonyl (C=O) groups excluding carboxylic acids is 1. The Morgan fingerprint density at radius 1 is 1.38 bits per heavy atom. The molecule has 0 aromatic carbocycles. The largest absolute Gasteiger partial charge is 0.345 e. The van der Waals surface area contributed by atoms with E-state index in [4.69, 9.17) is 0 Å². The second-order valence-corrected chi connectivity index (χ2v) is 7.04. The molecule has 7 heteroatoms. The summed E-state index contributed by atoms with van der Waals surface area (Å²) in [4.78, 5) is 17.6.